The highest BCUT2D eigenvalue weighted by Crippen LogP contribution is 2.20. The van der Waals surface area contributed by atoms with Gasteiger partial charge in [0.05, 0.1) is 5.69 Å². The number of amides is 3. The van der Waals surface area contributed by atoms with Crippen LogP contribution in [0.15, 0.2) is 48.5 Å². The molecule has 0 aliphatic heterocycles. The lowest BCUT2D eigenvalue weighted by atomic mass is 10.1. The van der Waals surface area contributed by atoms with Gasteiger partial charge in [0, 0.05) is 37.8 Å². The van der Waals surface area contributed by atoms with Crippen molar-refractivity contribution in [1.29, 1.82) is 0 Å². The van der Waals surface area contributed by atoms with Crippen molar-refractivity contribution in [2.75, 3.05) is 22.7 Å². The maximum Gasteiger partial charge on any atom is 0.269 e. The SMILES string of the molecule is CC(=O)Nc1cc(NC(C)=O)cc(C(=O)NN(C)c2ccccc2)c1. The molecule has 3 amide bonds. The van der Waals surface area contributed by atoms with Gasteiger partial charge in [-0.05, 0) is 30.3 Å². The van der Waals surface area contributed by atoms with Crippen LogP contribution in [0.3, 0.4) is 0 Å². The van der Waals surface area contributed by atoms with Crippen LogP contribution in [0.5, 0.6) is 0 Å². The summed E-state index contributed by atoms with van der Waals surface area (Å²) in [5, 5.41) is 6.82. The maximum absolute atomic E-state index is 12.5. The molecule has 25 heavy (non-hydrogen) atoms. The summed E-state index contributed by atoms with van der Waals surface area (Å²) in [4.78, 5) is 35.1. The van der Waals surface area contributed by atoms with Crippen molar-refractivity contribution in [3.63, 3.8) is 0 Å². The highest BCUT2D eigenvalue weighted by atomic mass is 16.2. The van der Waals surface area contributed by atoms with Gasteiger partial charge < -0.3 is 10.6 Å². The van der Waals surface area contributed by atoms with E-state index in [1.165, 1.54) is 13.8 Å². The van der Waals surface area contributed by atoms with Crippen molar-refractivity contribution in [3.8, 4) is 0 Å². The van der Waals surface area contributed by atoms with Crippen molar-refractivity contribution in [1.82, 2.24) is 5.43 Å². The van der Waals surface area contributed by atoms with Crippen LogP contribution < -0.4 is 21.1 Å². The van der Waals surface area contributed by atoms with Crippen molar-refractivity contribution in [2.45, 2.75) is 13.8 Å². The van der Waals surface area contributed by atoms with Gasteiger partial charge in [-0.1, -0.05) is 18.2 Å². The summed E-state index contributed by atoms with van der Waals surface area (Å²) in [6.07, 6.45) is 0. The number of hydrogen-bond acceptors (Lipinski definition) is 4. The highest BCUT2D eigenvalue weighted by molar-refractivity contribution is 6.00. The Morgan fingerprint density at radius 1 is 0.840 bits per heavy atom. The molecular weight excluding hydrogens is 320 g/mol. The molecule has 2 rings (SSSR count). The Hall–Kier alpha value is -3.35. The first-order valence-corrected chi connectivity index (χ1v) is 7.65. The van der Waals surface area contributed by atoms with Gasteiger partial charge in [0.1, 0.15) is 0 Å². The molecule has 0 atom stereocenters. The summed E-state index contributed by atoms with van der Waals surface area (Å²) in [6, 6.07) is 14.0. The molecule has 130 valence electrons. The summed E-state index contributed by atoms with van der Waals surface area (Å²) < 4.78 is 0. The fraction of sp³-hybridized carbons (Fsp3) is 0.167. The molecule has 3 N–H and O–H groups in total. The van der Waals surface area contributed by atoms with Gasteiger partial charge in [-0.3, -0.25) is 24.8 Å². The number of hydrogen-bond donors (Lipinski definition) is 3. The minimum absolute atomic E-state index is 0.271. The quantitative estimate of drug-likeness (QED) is 0.729. The van der Waals surface area contributed by atoms with Crippen LogP contribution in [-0.4, -0.2) is 24.8 Å². The van der Waals surface area contributed by atoms with Gasteiger partial charge in [-0.15, -0.1) is 0 Å². The van der Waals surface area contributed by atoms with E-state index in [2.05, 4.69) is 16.1 Å². The predicted octanol–water partition coefficient (Wildman–Crippen LogP) is 2.38. The van der Waals surface area contributed by atoms with Crippen LogP contribution in [-0.2, 0) is 9.59 Å². The molecule has 0 saturated heterocycles. The molecule has 0 aromatic heterocycles. The molecular formula is C18H20N4O3. The summed E-state index contributed by atoms with van der Waals surface area (Å²) >= 11 is 0. The maximum atomic E-state index is 12.5. The van der Waals surface area contributed by atoms with Crippen LogP contribution >= 0.6 is 0 Å². The second-order valence-electron chi connectivity index (χ2n) is 5.50. The zero-order chi connectivity index (χ0) is 18.4. The molecule has 0 aliphatic rings. The lowest BCUT2D eigenvalue weighted by molar-refractivity contribution is -0.115. The van der Waals surface area contributed by atoms with Crippen LogP contribution in [0.2, 0.25) is 0 Å². The van der Waals surface area contributed by atoms with E-state index in [4.69, 9.17) is 0 Å². The third kappa shape index (κ3) is 5.35. The fourth-order valence-corrected chi connectivity index (χ4v) is 2.24. The summed E-state index contributed by atoms with van der Waals surface area (Å²) in [5.41, 5.74) is 4.71. The number of hydrazine groups is 1. The molecule has 0 aliphatic carbocycles. The van der Waals surface area contributed by atoms with Gasteiger partial charge in [-0.2, -0.15) is 0 Å². The monoisotopic (exact) mass is 340 g/mol. The molecule has 0 spiro atoms. The van der Waals surface area contributed by atoms with E-state index in [0.717, 1.165) is 5.69 Å². The smallest absolute Gasteiger partial charge is 0.269 e. The first kappa shape index (κ1) is 18.0. The number of carbonyl (C=O) groups excluding carboxylic acids is 3. The van der Waals surface area contributed by atoms with Crippen LogP contribution in [0.1, 0.15) is 24.2 Å². The molecule has 0 bridgehead atoms. The van der Waals surface area contributed by atoms with Crippen LogP contribution in [0.4, 0.5) is 17.1 Å². The van der Waals surface area contributed by atoms with Crippen molar-refractivity contribution in [2.24, 2.45) is 0 Å². The Morgan fingerprint density at radius 2 is 1.36 bits per heavy atom. The molecule has 2 aromatic carbocycles. The molecule has 0 fully saturated rings. The summed E-state index contributed by atoms with van der Waals surface area (Å²) in [6.45, 7) is 2.74. The minimum atomic E-state index is -0.370. The Labute approximate surface area is 146 Å². The van der Waals surface area contributed by atoms with E-state index >= 15 is 0 Å². The number of anilines is 3. The Bertz CT molecular complexity index is 756. The van der Waals surface area contributed by atoms with E-state index in [-0.39, 0.29) is 17.7 Å². The first-order chi connectivity index (χ1) is 11.8. The Morgan fingerprint density at radius 3 is 1.84 bits per heavy atom. The average molecular weight is 340 g/mol. The molecule has 2 aromatic rings. The first-order valence-electron chi connectivity index (χ1n) is 7.65. The van der Waals surface area contributed by atoms with Gasteiger partial charge in [0.2, 0.25) is 11.8 Å². The second-order valence-corrected chi connectivity index (χ2v) is 5.50. The van der Waals surface area contributed by atoms with Gasteiger partial charge in [-0.25, -0.2) is 0 Å². The standard InChI is InChI=1S/C18H20N4O3/c1-12(23)19-15-9-14(10-16(11-15)20-13(2)24)18(25)21-22(3)17-7-5-4-6-8-17/h4-11H,1-3H3,(H,19,23)(H,20,24)(H,21,25). The van der Waals surface area contributed by atoms with E-state index < -0.39 is 0 Å². The minimum Gasteiger partial charge on any atom is -0.326 e. The second kappa shape index (κ2) is 7.96. The highest BCUT2D eigenvalue weighted by Gasteiger charge is 2.12. The van der Waals surface area contributed by atoms with Crippen LogP contribution in [0.25, 0.3) is 0 Å². The van der Waals surface area contributed by atoms with E-state index in [1.807, 2.05) is 30.3 Å². The van der Waals surface area contributed by atoms with E-state index in [1.54, 1.807) is 30.3 Å². The zero-order valence-electron chi connectivity index (χ0n) is 14.3. The number of nitrogens with one attached hydrogen (secondary N) is 3. The average Bonchev–Trinajstić information content (AvgIpc) is 2.54. The lowest BCUT2D eigenvalue weighted by Crippen LogP contribution is -2.39. The number of rotatable bonds is 5. The predicted molar refractivity (Wildman–Crippen MR) is 97.4 cm³/mol. The van der Waals surface area contributed by atoms with E-state index in [0.29, 0.717) is 16.9 Å². The third-order valence-electron chi connectivity index (χ3n) is 3.25. The largest absolute Gasteiger partial charge is 0.326 e. The summed E-state index contributed by atoms with van der Waals surface area (Å²) in [5.74, 6) is -0.911. The van der Waals surface area contributed by atoms with Gasteiger partial charge in [0.25, 0.3) is 5.91 Å². The Kier molecular flexibility index (Phi) is 5.73. The van der Waals surface area contributed by atoms with Crippen molar-refractivity contribution < 1.29 is 14.4 Å². The third-order valence-corrected chi connectivity index (χ3v) is 3.25. The molecule has 0 saturated carbocycles. The Balaban J connectivity index is 2.24. The number of nitrogens with zero attached hydrogens (tertiary/aromatic N) is 1. The molecule has 0 unspecified atom stereocenters. The normalized spacial score (nSPS) is 9.88. The summed E-state index contributed by atoms with van der Waals surface area (Å²) in [7, 11) is 1.72. The van der Waals surface area contributed by atoms with Crippen molar-refractivity contribution >= 4 is 34.8 Å². The topological polar surface area (TPSA) is 90.5 Å². The van der Waals surface area contributed by atoms with E-state index in [9.17, 15) is 14.4 Å². The van der Waals surface area contributed by atoms with Gasteiger partial charge in [0.15, 0.2) is 0 Å². The lowest BCUT2D eigenvalue weighted by Gasteiger charge is -2.20. The number of para-hydroxylation sites is 1. The molecule has 0 heterocycles. The molecule has 7 heteroatoms. The van der Waals surface area contributed by atoms with Crippen molar-refractivity contribution in [3.05, 3.63) is 54.1 Å². The molecule has 0 radical (unpaired) electrons. The zero-order valence-corrected chi connectivity index (χ0v) is 14.3. The fourth-order valence-electron chi connectivity index (χ4n) is 2.24. The van der Waals surface area contributed by atoms with Gasteiger partial charge >= 0.3 is 0 Å². The number of carbonyl (C=O) groups is 3. The van der Waals surface area contributed by atoms with Crippen LogP contribution in [0, 0.1) is 0 Å². The molecule has 7 nitrogen and oxygen atoms in total. The number of benzene rings is 2.